The van der Waals surface area contributed by atoms with E-state index in [0.29, 0.717) is 11.7 Å². The van der Waals surface area contributed by atoms with Crippen molar-refractivity contribution in [3.05, 3.63) is 18.1 Å². The van der Waals surface area contributed by atoms with Crippen molar-refractivity contribution in [1.82, 2.24) is 9.97 Å². The van der Waals surface area contributed by atoms with Crippen LogP contribution in [-0.2, 0) is 9.47 Å². The van der Waals surface area contributed by atoms with Crippen LogP contribution >= 0.6 is 0 Å². The Kier molecular flexibility index (Phi) is 4.68. The van der Waals surface area contributed by atoms with Crippen molar-refractivity contribution in [1.29, 1.82) is 0 Å². The van der Waals surface area contributed by atoms with Gasteiger partial charge in [-0.25, -0.2) is 9.78 Å². The number of nitrogens with one attached hydrogen (secondary N) is 1. The van der Waals surface area contributed by atoms with Crippen molar-refractivity contribution in [3.8, 4) is 0 Å². The van der Waals surface area contributed by atoms with E-state index < -0.39 is 5.97 Å². The second kappa shape index (κ2) is 6.47. The van der Waals surface area contributed by atoms with Crippen LogP contribution in [0.15, 0.2) is 12.4 Å². The fourth-order valence-electron chi connectivity index (χ4n) is 2.21. The van der Waals surface area contributed by atoms with E-state index in [2.05, 4.69) is 26.9 Å². The molecule has 1 aliphatic heterocycles. The van der Waals surface area contributed by atoms with Crippen LogP contribution in [0, 0.1) is 5.92 Å². The molecule has 0 bridgehead atoms. The SMILES string of the molecule is COC(=O)c1cncc(NC(C)C2CCOCC2)n1. The average molecular weight is 265 g/mol. The van der Waals surface area contributed by atoms with Crippen LogP contribution in [-0.4, -0.2) is 42.3 Å². The van der Waals surface area contributed by atoms with Gasteiger partial charge in [-0.2, -0.15) is 0 Å². The van der Waals surface area contributed by atoms with Gasteiger partial charge in [0, 0.05) is 19.3 Å². The maximum Gasteiger partial charge on any atom is 0.358 e. The molecule has 1 N–H and O–H groups in total. The summed E-state index contributed by atoms with van der Waals surface area (Å²) in [5.41, 5.74) is 0.215. The summed E-state index contributed by atoms with van der Waals surface area (Å²) in [5, 5.41) is 3.29. The molecule has 0 aromatic carbocycles. The van der Waals surface area contributed by atoms with E-state index in [9.17, 15) is 4.79 Å². The van der Waals surface area contributed by atoms with Crippen LogP contribution in [0.4, 0.5) is 5.82 Å². The Hall–Kier alpha value is -1.69. The molecule has 6 heteroatoms. The number of methoxy groups -OCH3 is 1. The number of nitrogens with zero attached hydrogens (tertiary/aromatic N) is 2. The van der Waals surface area contributed by atoms with Crippen molar-refractivity contribution in [2.45, 2.75) is 25.8 Å². The van der Waals surface area contributed by atoms with Crippen molar-refractivity contribution >= 4 is 11.8 Å². The second-order valence-electron chi connectivity index (χ2n) is 4.66. The van der Waals surface area contributed by atoms with Gasteiger partial charge >= 0.3 is 5.97 Å². The Morgan fingerprint density at radius 1 is 1.47 bits per heavy atom. The Balaban J connectivity index is 1.99. The van der Waals surface area contributed by atoms with E-state index in [1.165, 1.54) is 13.3 Å². The first kappa shape index (κ1) is 13.7. The standard InChI is InChI=1S/C13H19N3O3/c1-9(10-3-5-19-6-4-10)15-12-8-14-7-11(16-12)13(17)18-2/h7-10H,3-6H2,1-2H3,(H,15,16). The minimum absolute atomic E-state index is 0.215. The summed E-state index contributed by atoms with van der Waals surface area (Å²) >= 11 is 0. The molecule has 0 saturated carbocycles. The zero-order valence-electron chi connectivity index (χ0n) is 11.3. The second-order valence-corrected chi connectivity index (χ2v) is 4.66. The van der Waals surface area contributed by atoms with E-state index in [4.69, 9.17) is 4.74 Å². The van der Waals surface area contributed by atoms with Crippen LogP contribution in [0.3, 0.4) is 0 Å². The molecule has 1 aromatic heterocycles. The molecule has 0 spiro atoms. The highest BCUT2D eigenvalue weighted by atomic mass is 16.5. The smallest absolute Gasteiger partial charge is 0.358 e. The molecule has 2 heterocycles. The molecule has 1 unspecified atom stereocenters. The number of esters is 1. The van der Waals surface area contributed by atoms with Crippen LogP contribution in [0.1, 0.15) is 30.3 Å². The van der Waals surface area contributed by atoms with E-state index in [0.717, 1.165) is 26.1 Å². The molecule has 104 valence electrons. The summed E-state index contributed by atoms with van der Waals surface area (Å²) in [4.78, 5) is 19.6. The lowest BCUT2D eigenvalue weighted by atomic mass is 9.93. The lowest BCUT2D eigenvalue weighted by Gasteiger charge is -2.28. The van der Waals surface area contributed by atoms with Crippen LogP contribution < -0.4 is 5.32 Å². The molecule has 0 amide bonds. The first-order valence-corrected chi connectivity index (χ1v) is 6.45. The molecular weight excluding hydrogens is 246 g/mol. The largest absolute Gasteiger partial charge is 0.464 e. The summed E-state index contributed by atoms with van der Waals surface area (Å²) in [6.07, 6.45) is 5.09. The number of hydrogen-bond donors (Lipinski definition) is 1. The molecule has 6 nitrogen and oxygen atoms in total. The van der Waals surface area contributed by atoms with E-state index >= 15 is 0 Å². The lowest BCUT2D eigenvalue weighted by Crippen LogP contribution is -2.31. The number of carbonyl (C=O) groups excluding carboxylic acids is 1. The first-order chi connectivity index (χ1) is 9.20. The monoisotopic (exact) mass is 265 g/mol. The molecule has 19 heavy (non-hydrogen) atoms. The number of anilines is 1. The van der Waals surface area contributed by atoms with Crippen molar-refractivity contribution in [2.24, 2.45) is 5.92 Å². The number of carbonyl (C=O) groups is 1. The molecule has 1 aliphatic rings. The molecule has 1 saturated heterocycles. The molecule has 1 aromatic rings. The molecule has 2 rings (SSSR count). The van der Waals surface area contributed by atoms with Gasteiger partial charge in [0.2, 0.25) is 0 Å². The third-order valence-corrected chi connectivity index (χ3v) is 3.38. The Morgan fingerprint density at radius 2 is 2.21 bits per heavy atom. The molecule has 1 atom stereocenters. The number of hydrogen-bond acceptors (Lipinski definition) is 6. The Labute approximate surface area is 112 Å². The predicted octanol–water partition coefficient (Wildman–Crippen LogP) is 1.49. The Bertz CT molecular complexity index is 433. The minimum atomic E-state index is -0.477. The summed E-state index contributed by atoms with van der Waals surface area (Å²) < 4.78 is 9.98. The maximum absolute atomic E-state index is 11.4. The van der Waals surface area contributed by atoms with Crippen molar-refractivity contribution < 1.29 is 14.3 Å². The minimum Gasteiger partial charge on any atom is -0.464 e. The van der Waals surface area contributed by atoms with Crippen LogP contribution in [0.5, 0.6) is 0 Å². The van der Waals surface area contributed by atoms with Gasteiger partial charge < -0.3 is 14.8 Å². The summed E-state index contributed by atoms with van der Waals surface area (Å²) in [5.74, 6) is 0.675. The fraction of sp³-hybridized carbons (Fsp3) is 0.615. The molecule has 0 aliphatic carbocycles. The fourth-order valence-corrected chi connectivity index (χ4v) is 2.21. The summed E-state index contributed by atoms with van der Waals surface area (Å²) in [6.45, 7) is 3.73. The van der Waals surface area contributed by atoms with Gasteiger partial charge in [-0.15, -0.1) is 0 Å². The third-order valence-electron chi connectivity index (χ3n) is 3.38. The van der Waals surface area contributed by atoms with Gasteiger partial charge in [0.1, 0.15) is 5.82 Å². The zero-order chi connectivity index (χ0) is 13.7. The van der Waals surface area contributed by atoms with Crippen LogP contribution in [0.2, 0.25) is 0 Å². The van der Waals surface area contributed by atoms with Crippen molar-refractivity contribution in [2.75, 3.05) is 25.6 Å². The van der Waals surface area contributed by atoms with Gasteiger partial charge in [-0.1, -0.05) is 0 Å². The van der Waals surface area contributed by atoms with Gasteiger partial charge in [0.15, 0.2) is 5.69 Å². The number of ether oxygens (including phenoxy) is 2. The highest BCUT2D eigenvalue weighted by molar-refractivity contribution is 5.87. The number of aromatic nitrogens is 2. The van der Waals surface area contributed by atoms with E-state index in [-0.39, 0.29) is 11.7 Å². The van der Waals surface area contributed by atoms with Gasteiger partial charge in [-0.3, -0.25) is 4.98 Å². The normalized spacial score (nSPS) is 17.8. The third kappa shape index (κ3) is 3.64. The van der Waals surface area contributed by atoms with Crippen molar-refractivity contribution in [3.63, 3.8) is 0 Å². The first-order valence-electron chi connectivity index (χ1n) is 6.45. The quantitative estimate of drug-likeness (QED) is 0.831. The predicted molar refractivity (Wildman–Crippen MR) is 70.0 cm³/mol. The highest BCUT2D eigenvalue weighted by Crippen LogP contribution is 2.21. The van der Waals surface area contributed by atoms with Gasteiger partial charge in [0.25, 0.3) is 0 Å². The Morgan fingerprint density at radius 3 is 2.89 bits per heavy atom. The van der Waals surface area contributed by atoms with E-state index in [1.54, 1.807) is 6.20 Å². The van der Waals surface area contributed by atoms with Gasteiger partial charge in [0.05, 0.1) is 19.5 Å². The molecule has 0 radical (unpaired) electrons. The summed E-state index contributed by atoms with van der Waals surface area (Å²) in [7, 11) is 1.33. The zero-order valence-corrected chi connectivity index (χ0v) is 11.3. The van der Waals surface area contributed by atoms with Gasteiger partial charge in [-0.05, 0) is 25.7 Å². The topological polar surface area (TPSA) is 73.3 Å². The highest BCUT2D eigenvalue weighted by Gasteiger charge is 2.21. The lowest BCUT2D eigenvalue weighted by molar-refractivity contribution is 0.0593. The van der Waals surface area contributed by atoms with E-state index in [1.807, 2.05) is 0 Å². The average Bonchev–Trinajstić information content (AvgIpc) is 2.47. The number of rotatable bonds is 4. The van der Waals surface area contributed by atoms with Crippen LogP contribution in [0.25, 0.3) is 0 Å². The maximum atomic E-state index is 11.4. The molecular formula is C13H19N3O3. The summed E-state index contributed by atoms with van der Waals surface area (Å²) in [6, 6.07) is 0.270. The molecule has 1 fully saturated rings.